The monoisotopic (exact) mass is 536 g/mol. The van der Waals surface area contributed by atoms with E-state index < -0.39 is 11.9 Å². The predicted molar refractivity (Wildman–Crippen MR) is 114 cm³/mol. The molecule has 1 aliphatic rings. The minimum Gasteiger partial charge on any atom is -0.381 e. The lowest BCUT2D eigenvalue weighted by atomic mass is 10.0. The third-order valence-electron chi connectivity index (χ3n) is 4.01. The van der Waals surface area contributed by atoms with Crippen molar-refractivity contribution in [3.63, 3.8) is 0 Å². The SMILES string of the molecule is CCNC(=NCc1nc(C(F)(F)F)cs1)NCCCOCC1CCOCC1.I. The molecule has 162 valence electrons. The summed E-state index contributed by atoms with van der Waals surface area (Å²) in [4.78, 5) is 7.87. The van der Waals surface area contributed by atoms with Crippen LogP contribution >= 0.6 is 35.3 Å². The Morgan fingerprint density at radius 2 is 2.11 bits per heavy atom. The smallest absolute Gasteiger partial charge is 0.381 e. The lowest BCUT2D eigenvalue weighted by Crippen LogP contribution is -2.38. The van der Waals surface area contributed by atoms with Gasteiger partial charge in [0.15, 0.2) is 11.7 Å². The second-order valence-corrected chi connectivity index (χ2v) is 7.17. The molecular formula is C17H28F3IN4O2S. The van der Waals surface area contributed by atoms with Gasteiger partial charge >= 0.3 is 6.18 Å². The van der Waals surface area contributed by atoms with E-state index in [9.17, 15) is 13.2 Å². The largest absolute Gasteiger partial charge is 0.434 e. The molecule has 1 saturated heterocycles. The summed E-state index contributed by atoms with van der Waals surface area (Å²) in [5.41, 5.74) is -0.864. The Labute approximate surface area is 184 Å². The van der Waals surface area contributed by atoms with Gasteiger partial charge in [-0.3, -0.25) is 0 Å². The molecule has 1 aromatic rings. The number of aliphatic imine (C=N–C) groups is 1. The third-order valence-corrected chi connectivity index (χ3v) is 4.84. The van der Waals surface area contributed by atoms with Crippen LogP contribution in [0.5, 0.6) is 0 Å². The molecule has 0 bridgehead atoms. The van der Waals surface area contributed by atoms with E-state index in [0.29, 0.717) is 36.6 Å². The van der Waals surface area contributed by atoms with Gasteiger partial charge in [-0.05, 0) is 32.1 Å². The van der Waals surface area contributed by atoms with E-state index in [1.807, 2.05) is 6.92 Å². The van der Waals surface area contributed by atoms with Gasteiger partial charge in [-0.2, -0.15) is 13.2 Å². The van der Waals surface area contributed by atoms with E-state index in [2.05, 4.69) is 20.6 Å². The van der Waals surface area contributed by atoms with E-state index >= 15 is 0 Å². The average molecular weight is 536 g/mol. The van der Waals surface area contributed by atoms with Crippen molar-refractivity contribution in [1.82, 2.24) is 15.6 Å². The summed E-state index contributed by atoms with van der Waals surface area (Å²) in [7, 11) is 0. The van der Waals surface area contributed by atoms with Gasteiger partial charge in [0.2, 0.25) is 0 Å². The second-order valence-electron chi connectivity index (χ2n) is 6.23. The van der Waals surface area contributed by atoms with E-state index in [0.717, 1.165) is 55.8 Å². The first-order valence-corrected chi connectivity index (χ1v) is 10.1. The van der Waals surface area contributed by atoms with Crippen LogP contribution in [-0.2, 0) is 22.2 Å². The molecule has 0 saturated carbocycles. The van der Waals surface area contributed by atoms with Gasteiger partial charge in [0.05, 0.1) is 6.54 Å². The highest BCUT2D eigenvalue weighted by Crippen LogP contribution is 2.30. The Balaban J connectivity index is 0.00000392. The molecule has 0 aliphatic carbocycles. The summed E-state index contributed by atoms with van der Waals surface area (Å²) in [6, 6.07) is 0. The summed E-state index contributed by atoms with van der Waals surface area (Å²) >= 11 is 0.962. The maximum absolute atomic E-state index is 12.6. The Morgan fingerprint density at radius 3 is 2.75 bits per heavy atom. The standard InChI is InChI=1S/C17H27F3N4O2S.HI/c1-2-21-16(23-10-15-24-14(12-27-15)17(18,19)20)22-6-3-7-26-11-13-4-8-25-9-5-13;/h12-13H,2-11H2,1H3,(H2,21,22,23);1H. The first-order chi connectivity index (χ1) is 13.0. The molecule has 0 aromatic carbocycles. The number of ether oxygens (including phenoxy) is 2. The van der Waals surface area contributed by atoms with Crippen LogP contribution in [0.4, 0.5) is 13.2 Å². The molecule has 0 spiro atoms. The molecule has 0 radical (unpaired) electrons. The number of halogens is 4. The predicted octanol–water partition coefficient (Wildman–Crippen LogP) is 3.67. The summed E-state index contributed by atoms with van der Waals surface area (Å²) in [5, 5.41) is 7.58. The quantitative estimate of drug-likeness (QED) is 0.218. The van der Waals surface area contributed by atoms with Crippen molar-refractivity contribution in [2.75, 3.05) is 39.5 Å². The fourth-order valence-corrected chi connectivity index (χ4v) is 3.27. The normalized spacial score (nSPS) is 15.9. The summed E-state index contributed by atoms with van der Waals surface area (Å²) in [5.74, 6) is 1.15. The molecule has 11 heteroatoms. The van der Waals surface area contributed by atoms with Crippen LogP contribution in [-0.4, -0.2) is 50.5 Å². The Hall–Kier alpha value is -0.660. The highest BCUT2D eigenvalue weighted by molar-refractivity contribution is 14.0. The van der Waals surface area contributed by atoms with Crippen molar-refractivity contribution in [3.05, 3.63) is 16.1 Å². The van der Waals surface area contributed by atoms with Crippen molar-refractivity contribution >= 4 is 41.3 Å². The third kappa shape index (κ3) is 9.70. The second kappa shape index (κ2) is 13.5. The Morgan fingerprint density at radius 1 is 1.36 bits per heavy atom. The zero-order chi connectivity index (χ0) is 19.5. The number of nitrogens with one attached hydrogen (secondary N) is 2. The molecule has 1 fully saturated rings. The van der Waals surface area contributed by atoms with E-state index in [1.54, 1.807) is 0 Å². The van der Waals surface area contributed by atoms with E-state index in [1.165, 1.54) is 0 Å². The van der Waals surface area contributed by atoms with Crippen LogP contribution in [0, 0.1) is 5.92 Å². The lowest BCUT2D eigenvalue weighted by molar-refractivity contribution is -0.140. The number of hydrogen-bond donors (Lipinski definition) is 2. The fourth-order valence-electron chi connectivity index (χ4n) is 2.55. The fraction of sp³-hybridized carbons (Fsp3) is 0.765. The van der Waals surface area contributed by atoms with Gasteiger partial charge in [0.1, 0.15) is 5.01 Å². The van der Waals surface area contributed by atoms with Crippen LogP contribution in [0.2, 0.25) is 0 Å². The highest BCUT2D eigenvalue weighted by Gasteiger charge is 2.33. The highest BCUT2D eigenvalue weighted by atomic mass is 127. The van der Waals surface area contributed by atoms with Crippen molar-refractivity contribution in [3.8, 4) is 0 Å². The van der Waals surface area contributed by atoms with Crippen LogP contribution in [0.25, 0.3) is 0 Å². The topological polar surface area (TPSA) is 67.8 Å². The molecule has 0 atom stereocenters. The van der Waals surface area contributed by atoms with Gasteiger partial charge in [-0.15, -0.1) is 35.3 Å². The first-order valence-electron chi connectivity index (χ1n) is 9.18. The molecular weight excluding hydrogens is 508 g/mol. The van der Waals surface area contributed by atoms with Crippen LogP contribution in [0.3, 0.4) is 0 Å². The zero-order valence-corrected chi connectivity index (χ0v) is 19.0. The van der Waals surface area contributed by atoms with Gasteiger partial charge in [0, 0.05) is 44.9 Å². The van der Waals surface area contributed by atoms with Gasteiger partial charge in [0.25, 0.3) is 0 Å². The van der Waals surface area contributed by atoms with Crippen LogP contribution < -0.4 is 10.6 Å². The molecule has 6 nitrogen and oxygen atoms in total. The summed E-state index contributed by atoms with van der Waals surface area (Å²) in [6.07, 6.45) is -1.47. The summed E-state index contributed by atoms with van der Waals surface area (Å²) < 4.78 is 48.8. The number of guanidine groups is 1. The van der Waals surface area contributed by atoms with Crippen LogP contribution in [0.15, 0.2) is 10.4 Å². The maximum atomic E-state index is 12.6. The van der Waals surface area contributed by atoms with E-state index in [4.69, 9.17) is 9.47 Å². The number of hydrogen-bond acceptors (Lipinski definition) is 5. The molecule has 1 aromatic heterocycles. The van der Waals surface area contributed by atoms with Crippen LogP contribution in [0.1, 0.15) is 36.9 Å². The molecule has 2 N–H and O–H groups in total. The van der Waals surface area contributed by atoms with Crippen molar-refractivity contribution in [2.45, 2.75) is 38.9 Å². The molecule has 2 rings (SSSR count). The number of rotatable bonds is 9. The molecule has 0 unspecified atom stereocenters. The number of nitrogens with zero attached hydrogens (tertiary/aromatic N) is 2. The Kier molecular flexibility index (Phi) is 12.3. The van der Waals surface area contributed by atoms with E-state index in [-0.39, 0.29) is 30.5 Å². The minimum absolute atomic E-state index is 0. The summed E-state index contributed by atoms with van der Waals surface area (Å²) in [6.45, 7) is 6.44. The molecule has 28 heavy (non-hydrogen) atoms. The number of thiazole rings is 1. The number of aromatic nitrogens is 1. The zero-order valence-electron chi connectivity index (χ0n) is 15.9. The van der Waals surface area contributed by atoms with Crippen molar-refractivity contribution < 1.29 is 22.6 Å². The average Bonchev–Trinajstić information content (AvgIpc) is 3.13. The molecule has 0 amide bonds. The first kappa shape index (κ1) is 25.4. The molecule has 2 heterocycles. The van der Waals surface area contributed by atoms with Gasteiger partial charge in [-0.25, -0.2) is 9.98 Å². The Bertz CT molecular complexity index is 581. The van der Waals surface area contributed by atoms with Gasteiger partial charge in [-0.1, -0.05) is 0 Å². The maximum Gasteiger partial charge on any atom is 0.434 e. The number of alkyl halides is 3. The minimum atomic E-state index is -4.41. The van der Waals surface area contributed by atoms with Crippen molar-refractivity contribution in [1.29, 1.82) is 0 Å². The molecule has 1 aliphatic heterocycles. The van der Waals surface area contributed by atoms with Crippen molar-refractivity contribution in [2.24, 2.45) is 10.9 Å². The lowest BCUT2D eigenvalue weighted by Gasteiger charge is -2.21. The van der Waals surface area contributed by atoms with Gasteiger partial charge < -0.3 is 20.1 Å².